The fraction of sp³-hybridized carbons (Fsp3) is 0.316. The first kappa shape index (κ1) is 18.5. The number of anilines is 1. The maximum Gasteiger partial charge on any atom is 0.245 e. The maximum absolute atomic E-state index is 13.1. The van der Waals surface area contributed by atoms with Gasteiger partial charge in [0.1, 0.15) is 11.9 Å². The number of carbonyl (C=O) groups excluding carboxylic acids is 1. The highest BCUT2D eigenvalue weighted by atomic mass is 32.2. The number of hydrogen-bond donors (Lipinski definition) is 1. The number of nitrogens with one attached hydrogen (secondary N) is 1. The third kappa shape index (κ3) is 3.64. The molecule has 2 aromatic carbocycles. The molecule has 3 rings (SSSR count). The summed E-state index contributed by atoms with van der Waals surface area (Å²) in [7, 11) is -3.94. The van der Waals surface area contributed by atoms with Crippen molar-refractivity contribution in [1.82, 2.24) is 4.72 Å². The van der Waals surface area contributed by atoms with Gasteiger partial charge in [-0.15, -0.1) is 0 Å². The first-order valence-corrected chi connectivity index (χ1v) is 9.95. The predicted molar refractivity (Wildman–Crippen MR) is 97.8 cm³/mol. The molecule has 0 spiro atoms. The van der Waals surface area contributed by atoms with Gasteiger partial charge in [-0.3, -0.25) is 4.79 Å². The molecular weight excluding hydrogens is 355 g/mol. The Balaban J connectivity index is 1.86. The van der Waals surface area contributed by atoms with Gasteiger partial charge in [0.2, 0.25) is 15.9 Å². The van der Waals surface area contributed by atoms with Crippen molar-refractivity contribution < 1.29 is 17.6 Å². The molecule has 1 heterocycles. The zero-order chi connectivity index (χ0) is 18.9. The van der Waals surface area contributed by atoms with Crippen molar-refractivity contribution in [2.75, 3.05) is 11.4 Å². The lowest BCUT2D eigenvalue weighted by Gasteiger charge is -2.27. The highest BCUT2D eigenvalue weighted by Gasteiger charge is 2.34. The maximum atomic E-state index is 13.1. The van der Waals surface area contributed by atoms with Crippen molar-refractivity contribution in [3.05, 3.63) is 59.9 Å². The molecular formula is C19H21FN2O3S. The fourth-order valence-corrected chi connectivity index (χ4v) is 4.39. The standard InChI is InChI=1S/C19H21FN2O3S/c1-13(2)18(21-26(24,25)16-9-7-15(20)8-10-16)19(23)22-12-11-14-5-3-4-6-17(14)22/h3-10,13,18,21H,11-12H2,1-2H3/t18-/m1/s1. The number of benzene rings is 2. The molecule has 1 amide bonds. The van der Waals surface area contributed by atoms with E-state index in [1.807, 2.05) is 24.3 Å². The van der Waals surface area contributed by atoms with E-state index in [1.165, 1.54) is 12.1 Å². The van der Waals surface area contributed by atoms with Crippen molar-refractivity contribution in [1.29, 1.82) is 0 Å². The molecule has 0 unspecified atom stereocenters. The number of para-hydroxylation sites is 1. The Kier molecular flexibility index (Phi) is 5.11. The molecule has 1 aliphatic rings. The average Bonchev–Trinajstić information content (AvgIpc) is 3.03. The third-order valence-corrected chi connectivity index (χ3v) is 5.95. The van der Waals surface area contributed by atoms with Crippen LogP contribution in [0.1, 0.15) is 19.4 Å². The molecule has 1 atom stereocenters. The van der Waals surface area contributed by atoms with E-state index >= 15 is 0 Å². The monoisotopic (exact) mass is 376 g/mol. The number of halogens is 1. The molecule has 2 aromatic rings. The zero-order valence-electron chi connectivity index (χ0n) is 14.6. The Labute approximate surface area is 152 Å². The van der Waals surface area contributed by atoms with Crippen LogP contribution in [0.4, 0.5) is 10.1 Å². The second kappa shape index (κ2) is 7.17. The van der Waals surface area contributed by atoms with Crippen molar-refractivity contribution >= 4 is 21.6 Å². The average molecular weight is 376 g/mol. The van der Waals surface area contributed by atoms with Crippen LogP contribution in [0.15, 0.2) is 53.4 Å². The summed E-state index contributed by atoms with van der Waals surface area (Å²) < 4.78 is 40.8. The summed E-state index contributed by atoms with van der Waals surface area (Å²) in [5.41, 5.74) is 1.90. The van der Waals surface area contributed by atoms with Crippen LogP contribution in [-0.2, 0) is 21.2 Å². The highest BCUT2D eigenvalue weighted by Crippen LogP contribution is 2.29. The second-order valence-electron chi connectivity index (χ2n) is 6.67. The summed E-state index contributed by atoms with van der Waals surface area (Å²) in [5, 5.41) is 0. The molecule has 26 heavy (non-hydrogen) atoms. The quantitative estimate of drug-likeness (QED) is 0.873. The van der Waals surface area contributed by atoms with Crippen molar-refractivity contribution in [3.8, 4) is 0 Å². The van der Waals surface area contributed by atoms with Gasteiger partial charge < -0.3 is 4.90 Å². The van der Waals surface area contributed by atoms with Gasteiger partial charge in [0.05, 0.1) is 4.90 Å². The number of nitrogens with zero attached hydrogens (tertiary/aromatic N) is 1. The molecule has 0 aliphatic carbocycles. The summed E-state index contributed by atoms with van der Waals surface area (Å²) in [6.45, 7) is 4.11. The minimum Gasteiger partial charge on any atom is -0.310 e. The Morgan fingerprint density at radius 2 is 1.77 bits per heavy atom. The molecule has 7 heteroatoms. The van der Waals surface area contributed by atoms with E-state index in [4.69, 9.17) is 0 Å². The van der Waals surface area contributed by atoms with Gasteiger partial charge in [-0.2, -0.15) is 4.72 Å². The largest absolute Gasteiger partial charge is 0.310 e. The second-order valence-corrected chi connectivity index (χ2v) is 8.38. The lowest BCUT2D eigenvalue weighted by molar-refractivity contribution is -0.121. The van der Waals surface area contributed by atoms with Crippen LogP contribution in [0.2, 0.25) is 0 Å². The van der Waals surface area contributed by atoms with Crippen LogP contribution in [0.5, 0.6) is 0 Å². The van der Waals surface area contributed by atoms with Crippen molar-refractivity contribution in [2.45, 2.75) is 31.2 Å². The lowest BCUT2D eigenvalue weighted by Crippen LogP contribution is -2.51. The molecule has 1 aliphatic heterocycles. The number of sulfonamides is 1. The Morgan fingerprint density at radius 3 is 2.42 bits per heavy atom. The zero-order valence-corrected chi connectivity index (χ0v) is 15.5. The highest BCUT2D eigenvalue weighted by molar-refractivity contribution is 7.89. The van der Waals surface area contributed by atoms with Crippen LogP contribution in [0.25, 0.3) is 0 Å². The van der Waals surface area contributed by atoms with E-state index in [0.717, 1.165) is 29.8 Å². The summed E-state index contributed by atoms with van der Waals surface area (Å²) in [4.78, 5) is 14.6. The first-order chi connectivity index (χ1) is 12.3. The summed E-state index contributed by atoms with van der Waals surface area (Å²) in [6.07, 6.45) is 0.747. The Bertz CT molecular complexity index is 911. The Hall–Kier alpha value is -2.25. The van der Waals surface area contributed by atoms with Crippen LogP contribution in [0.3, 0.4) is 0 Å². The summed E-state index contributed by atoms with van der Waals surface area (Å²) >= 11 is 0. The number of fused-ring (bicyclic) bond motifs is 1. The first-order valence-electron chi connectivity index (χ1n) is 8.47. The molecule has 0 fully saturated rings. The third-order valence-electron chi connectivity index (χ3n) is 4.49. The SMILES string of the molecule is CC(C)[C@@H](NS(=O)(=O)c1ccc(F)cc1)C(=O)N1CCc2ccccc21. The van der Waals surface area contributed by atoms with Gasteiger partial charge in [-0.05, 0) is 48.2 Å². The van der Waals surface area contributed by atoms with Crippen LogP contribution in [0, 0.1) is 11.7 Å². The molecule has 5 nitrogen and oxygen atoms in total. The van der Waals surface area contributed by atoms with Gasteiger partial charge in [-0.25, -0.2) is 12.8 Å². The van der Waals surface area contributed by atoms with E-state index in [9.17, 15) is 17.6 Å². The van der Waals surface area contributed by atoms with Crippen LogP contribution >= 0.6 is 0 Å². The van der Waals surface area contributed by atoms with E-state index in [-0.39, 0.29) is 16.7 Å². The smallest absolute Gasteiger partial charge is 0.245 e. The molecule has 0 saturated carbocycles. The fourth-order valence-electron chi connectivity index (χ4n) is 3.06. The van der Waals surface area contributed by atoms with Gasteiger partial charge in [0, 0.05) is 12.2 Å². The summed E-state index contributed by atoms with van der Waals surface area (Å²) in [6, 6.07) is 11.2. The van der Waals surface area contributed by atoms with Crippen LogP contribution in [-0.4, -0.2) is 26.9 Å². The Morgan fingerprint density at radius 1 is 1.12 bits per heavy atom. The van der Waals surface area contributed by atoms with E-state index in [0.29, 0.717) is 6.54 Å². The van der Waals surface area contributed by atoms with Gasteiger partial charge in [0.15, 0.2) is 0 Å². The number of rotatable bonds is 5. The van der Waals surface area contributed by atoms with Gasteiger partial charge in [-0.1, -0.05) is 32.0 Å². The molecule has 0 radical (unpaired) electrons. The predicted octanol–water partition coefficient (Wildman–Crippen LogP) is 2.72. The number of amides is 1. The van der Waals surface area contributed by atoms with Crippen LogP contribution < -0.4 is 9.62 Å². The molecule has 1 N–H and O–H groups in total. The molecule has 0 aromatic heterocycles. The summed E-state index contributed by atoms with van der Waals surface area (Å²) in [5.74, 6) is -1.05. The van der Waals surface area contributed by atoms with E-state index in [1.54, 1.807) is 18.7 Å². The number of carbonyl (C=O) groups is 1. The minimum absolute atomic E-state index is 0.0702. The molecule has 0 bridgehead atoms. The minimum atomic E-state index is -3.94. The lowest BCUT2D eigenvalue weighted by atomic mass is 10.0. The molecule has 0 saturated heterocycles. The van der Waals surface area contributed by atoms with Crippen molar-refractivity contribution in [3.63, 3.8) is 0 Å². The van der Waals surface area contributed by atoms with Crippen molar-refractivity contribution in [2.24, 2.45) is 5.92 Å². The normalized spacial score (nSPS) is 15.2. The van der Waals surface area contributed by atoms with Gasteiger partial charge >= 0.3 is 0 Å². The van der Waals surface area contributed by atoms with E-state index in [2.05, 4.69) is 4.72 Å². The van der Waals surface area contributed by atoms with Gasteiger partial charge in [0.25, 0.3) is 0 Å². The molecule has 138 valence electrons. The number of hydrogen-bond acceptors (Lipinski definition) is 3. The van der Waals surface area contributed by atoms with E-state index < -0.39 is 21.9 Å². The topological polar surface area (TPSA) is 66.5 Å².